The number of thiophene rings is 1. The Bertz CT molecular complexity index is 1370. The third-order valence-corrected chi connectivity index (χ3v) is 6.65. The highest BCUT2D eigenvalue weighted by molar-refractivity contribution is 7.13. The van der Waals surface area contributed by atoms with Crippen molar-refractivity contribution in [3.05, 3.63) is 102 Å². The number of rotatable bonds is 10. The number of aromatic nitrogens is 2. The molecule has 0 saturated carbocycles. The molecule has 3 aromatic heterocycles. The zero-order chi connectivity index (χ0) is 23.9. The molecule has 6 nitrogen and oxygen atoms in total. The topological polar surface area (TPSA) is 71.3 Å². The number of anilines is 1. The van der Waals surface area contributed by atoms with E-state index in [1.54, 1.807) is 17.6 Å². The predicted octanol–water partition coefficient (Wildman–Crippen LogP) is 5.71. The SMILES string of the molecule is O=C(CCN(CCc1ccccc1)c1nc(-c2cccs2)nc2ccccc12)NCc1ccco1. The van der Waals surface area contributed by atoms with Gasteiger partial charge < -0.3 is 14.6 Å². The molecule has 0 saturated heterocycles. The lowest BCUT2D eigenvalue weighted by molar-refractivity contribution is -0.121. The smallest absolute Gasteiger partial charge is 0.222 e. The van der Waals surface area contributed by atoms with Gasteiger partial charge in [0.25, 0.3) is 0 Å². The lowest BCUT2D eigenvalue weighted by atomic mass is 10.1. The molecule has 0 bridgehead atoms. The minimum atomic E-state index is -0.0250. The van der Waals surface area contributed by atoms with Gasteiger partial charge in [-0.2, -0.15) is 0 Å². The number of nitrogens with zero attached hydrogens (tertiary/aromatic N) is 3. The Kier molecular flexibility index (Phi) is 7.15. The molecule has 7 heteroatoms. The van der Waals surface area contributed by atoms with Crippen molar-refractivity contribution in [2.45, 2.75) is 19.4 Å². The van der Waals surface area contributed by atoms with Crippen LogP contribution in [0.3, 0.4) is 0 Å². The predicted molar refractivity (Wildman–Crippen MR) is 140 cm³/mol. The van der Waals surface area contributed by atoms with Gasteiger partial charge in [0.05, 0.1) is 23.2 Å². The molecular formula is C28H26N4O2S. The maximum absolute atomic E-state index is 12.7. The number of carbonyl (C=O) groups is 1. The standard InChI is InChI=1S/C28H26N4O2S/c33-26(29-20-22-10-6-18-34-22)15-17-32(16-14-21-8-2-1-3-9-21)28-23-11-4-5-12-24(23)30-27(31-28)25-13-7-19-35-25/h1-13,18-19H,14-17,20H2,(H,29,33). The zero-order valence-corrected chi connectivity index (χ0v) is 20.1. The van der Waals surface area contributed by atoms with Crippen molar-refractivity contribution in [2.75, 3.05) is 18.0 Å². The lowest BCUT2D eigenvalue weighted by Crippen LogP contribution is -2.33. The number of hydrogen-bond donors (Lipinski definition) is 1. The maximum Gasteiger partial charge on any atom is 0.222 e. The number of benzene rings is 2. The number of hydrogen-bond acceptors (Lipinski definition) is 6. The van der Waals surface area contributed by atoms with Crippen molar-refractivity contribution >= 4 is 34.0 Å². The molecule has 3 heterocycles. The molecule has 176 valence electrons. The summed E-state index contributed by atoms with van der Waals surface area (Å²) >= 11 is 1.62. The number of nitrogens with one attached hydrogen (secondary N) is 1. The summed E-state index contributed by atoms with van der Waals surface area (Å²) in [6.07, 6.45) is 2.81. The van der Waals surface area contributed by atoms with Gasteiger partial charge >= 0.3 is 0 Å². The van der Waals surface area contributed by atoms with Crippen LogP contribution in [-0.4, -0.2) is 29.0 Å². The lowest BCUT2D eigenvalue weighted by Gasteiger charge is -2.25. The Balaban J connectivity index is 1.41. The highest BCUT2D eigenvalue weighted by atomic mass is 32.1. The number of carbonyl (C=O) groups excluding carboxylic acids is 1. The van der Waals surface area contributed by atoms with E-state index < -0.39 is 0 Å². The summed E-state index contributed by atoms with van der Waals surface area (Å²) < 4.78 is 5.32. The molecule has 35 heavy (non-hydrogen) atoms. The molecule has 0 spiro atoms. The monoisotopic (exact) mass is 482 g/mol. The Labute approximate surface area is 208 Å². The Morgan fingerprint density at radius 3 is 2.57 bits per heavy atom. The van der Waals surface area contributed by atoms with Gasteiger partial charge in [0.15, 0.2) is 5.82 Å². The molecule has 1 amide bonds. The van der Waals surface area contributed by atoms with E-state index in [9.17, 15) is 4.79 Å². The van der Waals surface area contributed by atoms with Gasteiger partial charge in [0.1, 0.15) is 11.6 Å². The minimum Gasteiger partial charge on any atom is -0.467 e. The number of furan rings is 1. The third kappa shape index (κ3) is 5.75. The average Bonchev–Trinajstić information content (AvgIpc) is 3.62. The first-order valence-corrected chi connectivity index (χ1v) is 12.5. The fourth-order valence-corrected chi connectivity index (χ4v) is 4.63. The van der Waals surface area contributed by atoms with Crippen molar-refractivity contribution in [3.8, 4) is 10.7 Å². The van der Waals surface area contributed by atoms with Gasteiger partial charge in [-0.15, -0.1) is 11.3 Å². The van der Waals surface area contributed by atoms with Gasteiger partial charge in [-0.1, -0.05) is 48.5 Å². The van der Waals surface area contributed by atoms with Gasteiger partial charge in [0.2, 0.25) is 5.91 Å². The molecule has 0 aliphatic rings. The van der Waals surface area contributed by atoms with E-state index in [-0.39, 0.29) is 5.91 Å². The number of para-hydroxylation sites is 1. The zero-order valence-electron chi connectivity index (χ0n) is 19.3. The molecule has 0 aliphatic heterocycles. The summed E-state index contributed by atoms with van der Waals surface area (Å²) in [6.45, 7) is 1.66. The summed E-state index contributed by atoms with van der Waals surface area (Å²) in [5.41, 5.74) is 2.14. The van der Waals surface area contributed by atoms with Crippen molar-refractivity contribution in [1.82, 2.24) is 15.3 Å². The van der Waals surface area contributed by atoms with Gasteiger partial charge in [-0.05, 0) is 47.7 Å². The Morgan fingerprint density at radius 1 is 0.914 bits per heavy atom. The molecule has 1 N–H and O–H groups in total. The first-order chi connectivity index (χ1) is 17.3. The van der Waals surface area contributed by atoms with E-state index in [2.05, 4.69) is 40.5 Å². The van der Waals surface area contributed by atoms with Crippen LogP contribution in [0.25, 0.3) is 21.6 Å². The van der Waals surface area contributed by atoms with Crippen LogP contribution >= 0.6 is 11.3 Å². The van der Waals surface area contributed by atoms with Gasteiger partial charge in [-0.25, -0.2) is 9.97 Å². The van der Waals surface area contributed by atoms with E-state index in [0.29, 0.717) is 25.3 Å². The van der Waals surface area contributed by atoms with Crippen LogP contribution in [-0.2, 0) is 17.8 Å². The van der Waals surface area contributed by atoms with Crippen LogP contribution in [0.5, 0.6) is 0 Å². The summed E-state index contributed by atoms with van der Waals surface area (Å²) in [7, 11) is 0. The Hall–Kier alpha value is -3.97. The maximum atomic E-state index is 12.7. The van der Waals surface area contributed by atoms with Crippen molar-refractivity contribution in [2.24, 2.45) is 0 Å². The quantitative estimate of drug-likeness (QED) is 0.276. The second kappa shape index (κ2) is 11.0. The Morgan fingerprint density at radius 2 is 1.77 bits per heavy atom. The minimum absolute atomic E-state index is 0.0250. The average molecular weight is 483 g/mol. The van der Waals surface area contributed by atoms with E-state index in [0.717, 1.165) is 40.3 Å². The van der Waals surface area contributed by atoms with E-state index >= 15 is 0 Å². The normalized spacial score (nSPS) is 11.0. The molecule has 5 aromatic rings. The fourth-order valence-electron chi connectivity index (χ4n) is 3.97. The van der Waals surface area contributed by atoms with E-state index in [1.807, 2.05) is 53.9 Å². The van der Waals surface area contributed by atoms with Crippen LogP contribution in [0.15, 0.2) is 94.9 Å². The molecule has 0 unspecified atom stereocenters. The van der Waals surface area contributed by atoms with Gasteiger partial charge in [-0.3, -0.25) is 4.79 Å². The fraction of sp³-hybridized carbons (Fsp3) is 0.179. The van der Waals surface area contributed by atoms with Crippen LogP contribution in [0.2, 0.25) is 0 Å². The van der Waals surface area contributed by atoms with Crippen molar-refractivity contribution < 1.29 is 9.21 Å². The number of fused-ring (bicyclic) bond motifs is 1. The third-order valence-electron chi connectivity index (χ3n) is 5.79. The molecule has 2 aromatic carbocycles. The summed E-state index contributed by atoms with van der Waals surface area (Å²) in [4.78, 5) is 25.7. The van der Waals surface area contributed by atoms with Crippen LogP contribution < -0.4 is 10.2 Å². The van der Waals surface area contributed by atoms with Crippen LogP contribution in [0.4, 0.5) is 5.82 Å². The molecule has 0 aliphatic carbocycles. The molecule has 5 rings (SSSR count). The number of amides is 1. The summed E-state index contributed by atoms with van der Waals surface area (Å²) in [6, 6.07) is 26.2. The van der Waals surface area contributed by atoms with Crippen molar-refractivity contribution in [3.63, 3.8) is 0 Å². The summed E-state index contributed by atoms with van der Waals surface area (Å²) in [5, 5.41) is 5.96. The van der Waals surface area contributed by atoms with Gasteiger partial charge in [0, 0.05) is 24.9 Å². The second-order valence-corrected chi connectivity index (χ2v) is 9.14. The molecule has 0 atom stereocenters. The first kappa shape index (κ1) is 22.8. The highest BCUT2D eigenvalue weighted by Gasteiger charge is 2.17. The van der Waals surface area contributed by atoms with Crippen molar-refractivity contribution in [1.29, 1.82) is 0 Å². The second-order valence-electron chi connectivity index (χ2n) is 8.19. The highest BCUT2D eigenvalue weighted by Crippen LogP contribution is 2.29. The molecule has 0 fully saturated rings. The van der Waals surface area contributed by atoms with E-state index in [1.165, 1.54) is 5.56 Å². The van der Waals surface area contributed by atoms with E-state index in [4.69, 9.17) is 14.4 Å². The van der Waals surface area contributed by atoms with Crippen LogP contribution in [0, 0.1) is 0 Å². The first-order valence-electron chi connectivity index (χ1n) is 11.6. The molecular weight excluding hydrogens is 456 g/mol. The molecule has 0 radical (unpaired) electrons. The largest absolute Gasteiger partial charge is 0.467 e. The van der Waals surface area contributed by atoms with Crippen LogP contribution in [0.1, 0.15) is 17.7 Å². The summed E-state index contributed by atoms with van der Waals surface area (Å²) in [5.74, 6) is 2.28.